The van der Waals surface area contributed by atoms with Crippen molar-refractivity contribution in [2.24, 2.45) is 11.7 Å². The van der Waals surface area contributed by atoms with Gasteiger partial charge in [0, 0.05) is 25.5 Å². The maximum Gasteiger partial charge on any atom is 0.234 e. The average Bonchev–Trinajstić information content (AvgIpc) is 2.37. The summed E-state index contributed by atoms with van der Waals surface area (Å²) in [6, 6.07) is 5.83. The molecule has 110 valence electrons. The van der Waals surface area contributed by atoms with Crippen molar-refractivity contribution in [1.82, 2.24) is 0 Å². The van der Waals surface area contributed by atoms with E-state index in [4.69, 9.17) is 18.0 Å². The number of nitrogens with zero attached hydrogens (tertiary/aromatic N) is 1. The Hall–Kier alpha value is -1.62. The first-order chi connectivity index (χ1) is 9.36. The summed E-state index contributed by atoms with van der Waals surface area (Å²) in [7, 11) is 3.95. The normalized spacial score (nSPS) is 11.8. The molecule has 1 rings (SSSR count). The molecule has 4 nitrogen and oxygen atoms in total. The first-order valence-electron chi connectivity index (χ1n) is 6.75. The Morgan fingerprint density at radius 2 is 2.10 bits per heavy atom. The molecule has 1 amide bonds. The Labute approximate surface area is 126 Å². The molecule has 0 saturated heterocycles. The lowest BCUT2D eigenvalue weighted by Crippen LogP contribution is -2.33. The van der Waals surface area contributed by atoms with Crippen LogP contribution in [0.4, 0.5) is 11.4 Å². The molecule has 0 aromatic heterocycles. The minimum Gasteiger partial charge on any atom is -0.393 e. The summed E-state index contributed by atoms with van der Waals surface area (Å²) in [5.74, 6) is -0.535. The number of thiocarbonyl (C=S) groups is 1. The van der Waals surface area contributed by atoms with Gasteiger partial charge in [-0.15, -0.1) is 0 Å². The molecule has 20 heavy (non-hydrogen) atoms. The molecular formula is C15H23N3OS. The molecule has 0 aliphatic rings. The maximum absolute atomic E-state index is 12.2. The van der Waals surface area contributed by atoms with E-state index in [2.05, 4.69) is 5.32 Å². The van der Waals surface area contributed by atoms with Crippen molar-refractivity contribution in [3.63, 3.8) is 0 Å². The van der Waals surface area contributed by atoms with E-state index in [1.165, 1.54) is 0 Å². The lowest BCUT2D eigenvalue weighted by Gasteiger charge is -2.19. The van der Waals surface area contributed by atoms with Gasteiger partial charge in [-0.05, 0) is 31.0 Å². The van der Waals surface area contributed by atoms with E-state index >= 15 is 0 Å². The van der Waals surface area contributed by atoms with Crippen LogP contribution in [0.25, 0.3) is 0 Å². The zero-order chi connectivity index (χ0) is 15.3. The maximum atomic E-state index is 12.2. The Balaban J connectivity index is 2.89. The van der Waals surface area contributed by atoms with Gasteiger partial charge in [0.25, 0.3) is 0 Å². The predicted octanol–water partition coefficient (Wildman–Crippen LogP) is 2.70. The zero-order valence-corrected chi connectivity index (χ0v) is 13.4. The van der Waals surface area contributed by atoms with Crippen molar-refractivity contribution in [3.05, 3.63) is 23.8 Å². The van der Waals surface area contributed by atoms with Crippen LogP contribution in [0.3, 0.4) is 0 Å². The van der Waals surface area contributed by atoms with Crippen LogP contribution in [0.15, 0.2) is 18.2 Å². The van der Waals surface area contributed by atoms with Crippen molar-refractivity contribution in [3.8, 4) is 0 Å². The number of hydrogen-bond donors (Lipinski definition) is 2. The number of rotatable bonds is 6. The van der Waals surface area contributed by atoms with E-state index in [0.29, 0.717) is 6.42 Å². The van der Waals surface area contributed by atoms with Crippen molar-refractivity contribution < 1.29 is 4.79 Å². The van der Waals surface area contributed by atoms with Gasteiger partial charge < -0.3 is 16.0 Å². The number of aryl methyl sites for hydroxylation is 1. The molecular weight excluding hydrogens is 270 g/mol. The zero-order valence-electron chi connectivity index (χ0n) is 12.6. The van der Waals surface area contributed by atoms with Gasteiger partial charge in [0.05, 0.1) is 10.9 Å². The highest BCUT2D eigenvalue weighted by Crippen LogP contribution is 2.23. The molecule has 0 bridgehead atoms. The van der Waals surface area contributed by atoms with E-state index < -0.39 is 5.92 Å². The summed E-state index contributed by atoms with van der Waals surface area (Å²) < 4.78 is 0. The highest BCUT2D eigenvalue weighted by Gasteiger charge is 2.20. The van der Waals surface area contributed by atoms with Crippen LogP contribution in [-0.4, -0.2) is 25.0 Å². The van der Waals surface area contributed by atoms with E-state index in [9.17, 15) is 4.79 Å². The van der Waals surface area contributed by atoms with Gasteiger partial charge in [-0.25, -0.2) is 0 Å². The molecule has 0 aliphatic carbocycles. The molecule has 0 saturated carbocycles. The molecule has 1 unspecified atom stereocenters. The SMILES string of the molecule is CCCC(C(=O)Nc1ccc(C)c(N(C)C)c1)C(N)=S. The van der Waals surface area contributed by atoms with Crippen molar-refractivity contribution in [2.75, 3.05) is 24.3 Å². The van der Waals surface area contributed by atoms with E-state index in [0.717, 1.165) is 23.4 Å². The minimum absolute atomic E-state index is 0.132. The first-order valence-corrected chi connectivity index (χ1v) is 7.15. The Bertz CT molecular complexity index is 500. The average molecular weight is 293 g/mol. The van der Waals surface area contributed by atoms with Gasteiger partial charge in [-0.1, -0.05) is 31.6 Å². The lowest BCUT2D eigenvalue weighted by molar-refractivity contribution is -0.118. The van der Waals surface area contributed by atoms with Gasteiger partial charge in [-0.3, -0.25) is 4.79 Å². The number of carbonyl (C=O) groups is 1. The fourth-order valence-electron chi connectivity index (χ4n) is 2.09. The highest BCUT2D eigenvalue weighted by atomic mass is 32.1. The summed E-state index contributed by atoms with van der Waals surface area (Å²) >= 11 is 4.97. The molecule has 3 N–H and O–H groups in total. The second kappa shape index (κ2) is 7.24. The quantitative estimate of drug-likeness (QED) is 0.792. The van der Waals surface area contributed by atoms with Gasteiger partial charge in [-0.2, -0.15) is 0 Å². The Kier molecular flexibility index (Phi) is 5.95. The number of nitrogens with one attached hydrogen (secondary N) is 1. The first kappa shape index (κ1) is 16.4. The number of carbonyl (C=O) groups excluding carboxylic acids is 1. The van der Waals surface area contributed by atoms with Crippen LogP contribution < -0.4 is 16.0 Å². The van der Waals surface area contributed by atoms with Crippen LogP contribution in [0, 0.1) is 12.8 Å². The summed E-state index contributed by atoms with van der Waals surface area (Å²) in [4.78, 5) is 14.5. The van der Waals surface area contributed by atoms with Gasteiger partial charge in [0.15, 0.2) is 0 Å². The predicted molar refractivity (Wildman–Crippen MR) is 89.3 cm³/mol. The van der Waals surface area contributed by atoms with E-state index in [1.807, 2.05) is 51.0 Å². The third-order valence-electron chi connectivity index (χ3n) is 3.20. The Morgan fingerprint density at radius 3 is 2.60 bits per heavy atom. The molecule has 0 aliphatic heterocycles. The number of benzene rings is 1. The van der Waals surface area contributed by atoms with Crippen LogP contribution in [0.2, 0.25) is 0 Å². The number of anilines is 2. The van der Waals surface area contributed by atoms with Gasteiger partial charge >= 0.3 is 0 Å². The molecule has 0 fully saturated rings. The number of amides is 1. The molecule has 1 aromatic carbocycles. The second-order valence-corrected chi connectivity index (χ2v) is 5.60. The Morgan fingerprint density at radius 1 is 1.45 bits per heavy atom. The second-order valence-electron chi connectivity index (χ2n) is 5.13. The van der Waals surface area contributed by atoms with E-state index in [-0.39, 0.29) is 10.9 Å². The van der Waals surface area contributed by atoms with Crippen LogP contribution in [0.1, 0.15) is 25.3 Å². The molecule has 5 heteroatoms. The molecule has 1 atom stereocenters. The van der Waals surface area contributed by atoms with Crippen LogP contribution >= 0.6 is 12.2 Å². The van der Waals surface area contributed by atoms with Gasteiger partial charge in [0.2, 0.25) is 5.91 Å². The van der Waals surface area contributed by atoms with E-state index in [1.54, 1.807) is 0 Å². The van der Waals surface area contributed by atoms with Crippen molar-refractivity contribution >= 4 is 34.5 Å². The van der Waals surface area contributed by atoms with Crippen molar-refractivity contribution in [2.45, 2.75) is 26.7 Å². The monoisotopic (exact) mass is 293 g/mol. The van der Waals surface area contributed by atoms with Crippen molar-refractivity contribution in [1.29, 1.82) is 0 Å². The summed E-state index contributed by atoms with van der Waals surface area (Å²) in [5.41, 5.74) is 8.64. The summed E-state index contributed by atoms with van der Waals surface area (Å²) in [6.07, 6.45) is 1.54. The summed E-state index contributed by atoms with van der Waals surface area (Å²) in [6.45, 7) is 4.05. The number of nitrogens with two attached hydrogens (primary N) is 1. The third kappa shape index (κ3) is 4.20. The number of hydrogen-bond acceptors (Lipinski definition) is 3. The minimum atomic E-state index is -0.404. The largest absolute Gasteiger partial charge is 0.393 e. The van der Waals surface area contributed by atoms with Gasteiger partial charge in [0.1, 0.15) is 0 Å². The summed E-state index contributed by atoms with van der Waals surface area (Å²) in [5, 5.41) is 2.90. The fraction of sp³-hybridized carbons (Fsp3) is 0.467. The smallest absolute Gasteiger partial charge is 0.234 e. The third-order valence-corrected chi connectivity index (χ3v) is 3.48. The molecule has 1 aromatic rings. The van der Waals surface area contributed by atoms with Crippen LogP contribution in [-0.2, 0) is 4.79 Å². The topological polar surface area (TPSA) is 58.4 Å². The lowest BCUT2D eigenvalue weighted by atomic mass is 10.0. The standard InChI is InChI=1S/C15H23N3OS/c1-5-6-12(14(16)20)15(19)17-11-8-7-10(2)13(9-11)18(3)4/h7-9,12H,5-6H2,1-4H3,(H2,16,20)(H,17,19). The fourth-order valence-corrected chi connectivity index (χ4v) is 2.31. The van der Waals surface area contributed by atoms with Crippen LogP contribution in [0.5, 0.6) is 0 Å². The highest BCUT2D eigenvalue weighted by molar-refractivity contribution is 7.80. The molecule has 0 radical (unpaired) electrons. The molecule has 0 spiro atoms. The molecule has 0 heterocycles.